The largest absolute Gasteiger partial charge is 0.573 e. The van der Waals surface area contributed by atoms with E-state index in [4.69, 9.17) is 12.2 Å². The van der Waals surface area contributed by atoms with Crippen LogP contribution in [0.5, 0.6) is 5.75 Å². The van der Waals surface area contributed by atoms with Gasteiger partial charge < -0.3 is 20.3 Å². The molecule has 0 atom stereocenters. The van der Waals surface area contributed by atoms with E-state index >= 15 is 0 Å². The Bertz CT molecular complexity index is 1570. The molecule has 0 bridgehead atoms. The first-order valence-electron chi connectivity index (χ1n) is 11.3. The van der Waals surface area contributed by atoms with Crippen molar-refractivity contribution in [1.29, 1.82) is 0 Å². The molecule has 0 aromatic heterocycles. The van der Waals surface area contributed by atoms with Crippen LogP contribution >= 0.6 is 12.2 Å². The molecule has 0 amide bonds. The number of thiocarbonyl (C=S) groups is 1. The maximum absolute atomic E-state index is 13.8. The van der Waals surface area contributed by atoms with Crippen molar-refractivity contribution in [2.45, 2.75) is 6.36 Å². The average Bonchev–Trinajstić information content (AvgIpc) is 3.30. The van der Waals surface area contributed by atoms with Gasteiger partial charge in [0.2, 0.25) is 0 Å². The minimum Gasteiger partial charge on any atom is -0.406 e. The van der Waals surface area contributed by atoms with Gasteiger partial charge in [-0.1, -0.05) is 18.2 Å². The van der Waals surface area contributed by atoms with Crippen molar-refractivity contribution in [1.82, 2.24) is 5.43 Å². The predicted molar refractivity (Wildman–Crippen MR) is 141 cm³/mol. The molecule has 1 aliphatic rings. The summed E-state index contributed by atoms with van der Waals surface area (Å²) < 4.78 is 81.9. The molecule has 39 heavy (non-hydrogen) atoms. The Hall–Kier alpha value is -4.52. The number of hydrazone groups is 1. The summed E-state index contributed by atoms with van der Waals surface area (Å²) >= 11 is 4.98. The Labute approximate surface area is 222 Å². The molecule has 0 fully saturated rings. The number of ether oxygens (including phenoxy) is 1. The van der Waals surface area contributed by atoms with Crippen LogP contribution in [0.4, 0.5) is 49.1 Å². The van der Waals surface area contributed by atoms with Crippen LogP contribution in [0.1, 0.15) is 5.56 Å². The third-order valence-corrected chi connectivity index (χ3v) is 5.93. The van der Waals surface area contributed by atoms with Gasteiger partial charge in [0, 0.05) is 23.2 Å². The fraction of sp³-hybridized carbons (Fsp3) is 0.0769. The number of hydrogen-bond acceptors (Lipinski definition) is 5. The van der Waals surface area contributed by atoms with Gasteiger partial charge in [-0.25, -0.2) is 13.2 Å². The van der Waals surface area contributed by atoms with E-state index in [1.54, 1.807) is 18.2 Å². The average molecular weight is 562 g/mol. The number of benzene rings is 4. The van der Waals surface area contributed by atoms with E-state index in [0.29, 0.717) is 30.1 Å². The van der Waals surface area contributed by atoms with Crippen LogP contribution in [-0.2, 0) is 0 Å². The molecule has 5 rings (SSSR count). The normalized spacial score (nSPS) is 12.9. The summed E-state index contributed by atoms with van der Waals surface area (Å²) in [4.78, 5) is 1.92. The van der Waals surface area contributed by atoms with E-state index < -0.39 is 29.5 Å². The molecule has 4 aromatic carbocycles. The van der Waals surface area contributed by atoms with E-state index in [2.05, 4.69) is 25.9 Å². The highest BCUT2D eigenvalue weighted by molar-refractivity contribution is 7.80. The first-order valence-corrected chi connectivity index (χ1v) is 11.7. The zero-order chi connectivity index (χ0) is 27.7. The molecule has 3 N–H and O–H groups in total. The monoisotopic (exact) mass is 561 g/mol. The SMILES string of the molecule is Fc1cc(F)c(NC(=S)N/N=C/c2ccc3c4c(ccc3c2)N(c2ccc(OC(F)(F)F)cc2)CN4)c(F)c1. The lowest BCUT2D eigenvalue weighted by molar-refractivity contribution is -0.274. The number of hydrogen-bond donors (Lipinski definition) is 3. The van der Waals surface area contributed by atoms with Crippen LogP contribution < -0.4 is 25.7 Å². The van der Waals surface area contributed by atoms with E-state index in [9.17, 15) is 26.3 Å². The van der Waals surface area contributed by atoms with Crippen molar-refractivity contribution in [2.75, 3.05) is 22.2 Å². The highest BCUT2D eigenvalue weighted by atomic mass is 32.1. The van der Waals surface area contributed by atoms with Gasteiger partial charge in [-0.05, 0) is 59.6 Å². The molecule has 0 aliphatic carbocycles. The molecule has 1 heterocycles. The minimum atomic E-state index is -4.76. The van der Waals surface area contributed by atoms with Gasteiger partial charge in [0.05, 0.1) is 24.3 Å². The summed E-state index contributed by atoms with van der Waals surface area (Å²) in [5.41, 5.74) is 4.95. The highest BCUT2D eigenvalue weighted by Crippen LogP contribution is 2.42. The minimum absolute atomic E-state index is 0.198. The molecule has 0 unspecified atom stereocenters. The van der Waals surface area contributed by atoms with Gasteiger partial charge in [0.25, 0.3) is 0 Å². The van der Waals surface area contributed by atoms with Crippen LogP contribution in [0, 0.1) is 17.5 Å². The van der Waals surface area contributed by atoms with Crippen LogP contribution in [-0.4, -0.2) is 24.4 Å². The van der Waals surface area contributed by atoms with Crippen molar-refractivity contribution in [3.63, 3.8) is 0 Å². The first-order chi connectivity index (χ1) is 18.6. The molecule has 200 valence electrons. The lowest BCUT2D eigenvalue weighted by Gasteiger charge is -2.19. The zero-order valence-corrected chi connectivity index (χ0v) is 20.4. The summed E-state index contributed by atoms with van der Waals surface area (Å²) in [5, 5.41) is 11.2. The number of nitrogens with one attached hydrogen (secondary N) is 3. The molecular weight excluding hydrogens is 544 g/mol. The van der Waals surface area contributed by atoms with Crippen LogP contribution in [0.15, 0.2) is 71.8 Å². The molecule has 13 heteroatoms. The standard InChI is InChI=1S/C26H17F6N5OS/c27-16-10-20(28)24(21(29)11-16)35-25(39)36-34-12-14-1-7-19-15(9-14)2-8-22-23(19)33-13-37(22)17-3-5-18(6-4-17)38-26(30,31)32/h1-12,33H,13H2,(H2,35,36,39)/b34-12+. The molecule has 6 nitrogen and oxygen atoms in total. The van der Waals surface area contributed by atoms with Gasteiger partial charge >= 0.3 is 6.36 Å². The Balaban J connectivity index is 1.28. The van der Waals surface area contributed by atoms with Crippen molar-refractivity contribution in [3.8, 4) is 5.75 Å². The number of anilines is 4. The van der Waals surface area contributed by atoms with Gasteiger partial charge in [0.1, 0.15) is 17.3 Å². The number of fused-ring (bicyclic) bond motifs is 3. The number of rotatable bonds is 5. The summed E-state index contributed by atoms with van der Waals surface area (Å²) in [7, 11) is 0. The van der Waals surface area contributed by atoms with E-state index in [-0.39, 0.29) is 10.9 Å². The van der Waals surface area contributed by atoms with Crippen molar-refractivity contribution < 1.29 is 31.1 Å². The fourth-order valence-corrected chi connectivity index (χ4v) is 4.25. The second kappa shape index (κ2) is 10.3. The Morgan fingerprint density at radius 3 is 2.38 bits per heavy atom. The van der Waals surface area contributed by atoms with Gasteiger partial charge in [0.15, 0.2) is 16.7 Å². The Morgan fingerprint density at radius 2 is 1.69 bits per heavy atom. The van der Waals surface area contributed by atoms with Crippen molar-refractivity contribution in [3.05, 3.63) is 89.7 Å². The second-order valence-corrected chi connectivity index (χ2v) is 8.72. The molecule has 0 radical (unpaired) electrons. The number of halogens is 6. The maximum Gasteiger partial charge on any atom is 0.573 e. The maximum atomic E-state index is 13.8. The van der Waals surface area contributed by atoms with Gasteiger partial charge in [-0.3, -0.25) is 5.43 Å². The summed E-state index contributed by atoms with van der Waals surface area (Å²) in [6.07, 6.45) is -3.30. The number of alkyl halides is 3. The quantitative estimate of drug-likeness (QED) is 0.106. The summed E-state index contributed by atoms with van der Waals surface area (Å²) in [5.74, 6) is -3.62. The Morgan fingerprint density at radius 1 is 0.974 bits per heavy atom. The summed E-state index contributed by atoms with van der Waals surface area (Å²) in [6.45, 7) is 0.417. The van der Waals surface area contributed by atoms with Crippen molar-refractivity contribution >= 4 is 57.1 Å². The molecule has 0 saturated carbocycles. The molecule has 0 saturated heterocycles. The van der Waals surface area contributed by atoms with Crippen LogP contribution in [0.25, 0.3) is 10.8 Å². The lowest BCUT2D eigenvalue weighted by Crippen LogP contribution is -2.25. The first kappa shape index (κ1) is 26.1. The van der Waals surface area contributed by atoms with E-state index in [1.165, 1.54) is 18.3 Å². The zero-order valence-electron chi connectivity index (χ0n) is 19.6. The fourth-order valence-electron chi connectivity index (χ4n) is 4.10. The lowest BCUT2D eigenvalue weighted by atomic mass is 10.0. The third kappa shape index (κ3) is 5.82. The van der Waals surface area contributed by atoms with Crippen LogP contribution in [0.2, 0.25) is 0 Å². The summed E-state index contributed by atoms with van der Waals surface area (Å²) in [6, 6.07) is 16.0. The smallest absolute Gasteiger partial charge is 0.406 e. The molecule has 4 aromatic rings. The third-order valence-electron chi connectivity index (χ3n) is 5.73. The van der Waals surface area contributed by atoms with Gasteiger partial charge in [-0.2, -0.15) is 5.10 Å². The highest BCUT2D eigenvalue weighted by Gasteiger charge is 2.31. The molecular formula is C26H17F6N5OS. The molecule has 1 aliphatic heterocycles. The second-order valence-electron chi connectivity index (χ2n) is 8.31. The van der Waals surface area contributed by atoms with Crippen LogP contribution in [0.3, 0.4) is 0 Å². The van der Waals surface area contributed by atoms with E-state index in [1.807, 2.05) is 29.2 Å². The molecule has 0 spiro atoms. The van der Waals surface area contributed by atoms with Crippen molar-refractivity contribution in [2.24, 2.45) is 5.10 Å². The predicted octanol–water partition coefficient (Wildman–Crippen LogP) is 7.00. The Kier molecular flexibility index (Phi) is 6.91. The van der Waals surface area contributed by atoms with Gasteiger partial charge in [-0.15, -0.1) is 13.2 Å². The van der Waals surface area contributed by atoms with E-state index in [0.717, 1.165) is 22.1 Å². The number of nitrogens with zero attached hydrogens (tertiary/aromatic N) is 2. The topological polar surface area (TPSA) is 60.9 Å².